The van der Waals surface area contributed by atoms with Gasteiger partial charge in [-0.1, -0.05) is 6.07 Å². The number of nitrogens with two attached hydrogens (primary N) is 1. The van der Waals surface area contributed by atoms with Gasteiger partial charge in [-0.3, -0.25) is 4.79 Å². The highest BCUT2D eigenvalue weighted by atomic mass is 16.5. The third kappa shape index (κ3) is 2.83. The van der Waals surface area contributed by atoms with E-state index >= 15 is 0 Å². The number of anilines is 2. The minimum Gasteiger partial charge on any atom is -0.508 e. The summed E-state index contributed by atoms with van der Waals surface area (Å²) in [6, 6.07) is 9.72. The number of amides is 1. The van der Waals surface area contributed by atoms with E-state index in [9.17, 15) is 9.90 Å². The van der Waals surface area contributed by atoms with Crippen LogP contribution in [0.25, 0.3) is 0 Å². The first-order valence-electron chi connectivity index (χ1n) is 6.05. The fourth-order valence-electron chi connectivity index (χ4n) is 1.77. The van der Waals surface area contributed by atoms with E-state index < -0.39 is 0 Å². The van der Waals surface area contributed by atoms with E-state index in [0.717, 1.165) is 0 Å². The Kier molecular flexibility index (Phi) is 3.79. The van der Waals surface area contributed by atoms with E-state index in [1.165, 1.54) is 13.2 Å². The van der Waals surface area contributed by atoms with Crippen molar-refractivity contribution < 1.29 is 14.6 Å². The van der Waals surface area contributed by atoms with Crippen molar-refractivity contribution in [2.24, 2.45) is 0 Å². The molecule has 0 aliphatic heterocycles. The van der Waals surface area contributed by atoms with Crippen LogP contribution in [0.5, 0.6) is 11.5 Å². The minimum atomic E-state index is -0.343. The molecule has 0 radical (unpaired) electrons. The lowest BCUT2D eigenvalue weighted by Gasteiger charge is -2.11. The number of rotatable bonds is 3. The molecule has 0 aliphatic carbocycles. The minimum absolute atomic E-state index is 0.0807. The maximum Gasteiger partial charge on any atom is 0.255 e. The molecule has 0 fully saturated rings. The average Bonchev–Trinajstić information content (AvgIpc) is 2.42. The highest BCUT2D eigenvalue weighted by Crippen LogP contribution is 2.27. The molecule has 104 valence electrons. The van der Waals surface area contributed by atoms with Crippen molar-refractivity contribution in [3.8, 4) is 11.5 Å². The van der Waals surface area contributed by atoms with Gasteiger partial charge in [0.05, 0.1) is 12.8 Å². The van der Waals surface area contributed by atoms with Crippen molar-refractivity contribution in [3.63, 3.8) is 0 Å². The number of aryl methyl sites for hydroxylation is 1. The molecule has 0 unspecified atom stereocenters. The maximum absolute atomic E-state index is 12.1. The third-order valence-corrected chi connectivity index (χ3v) is 2.94. The number of aromatic hydroxyl groups is 1. The molecule has 4 N–H and O–H groups in total. The molecule has 2 aromatic rings. The Balaban J connectivity index is 2.27. The summed E-state index contributed by atoms with van der Waals surface area (Å²) in [5, 5.41) is 12.3. The number of methoxy groups -OCH3 is 1. The van der Waals surface area contributed by atoms with E-state index in [0.29, 0.717) is 28.3 Å². The van der Waals surface area contributed by atoms with E-state index in [1.54, 1.807) is 37.3 Å². The zero-order valence-electron chi connectivity index (χ0n) is 11.3. The Morgan fingerprint density at radius 1 is 1.25 bits per heavy atom. The molecule has 0 spiro atoms. The van der Waals surface area contributed by atoms with Crippen molar-refractivity contribution in [1.29, 1.82) is 0 Å². The summed E-state index contributed by atoms with van der Waals surface area (Å²) >= 11 is 0. The van der Waals surface area contributed by atoms with Crippen molar-refractivity contribution >= 4 is 17.3 Å². The molecular weight excluding hydrogens is 256 g/mol. The second-order valence-corrected chi connectivity index (χ2v) is 4.42. The molecule has 0 saturated carbocycles. The van der Waals surface area contributed by atoms with E-state index in [1.807, 2.05) is 0 Å². The van der Waals surface area contributed by atoms with Crippen LogP contribution in [-0.2, 0) is 0 Å². The van der Waals surface area contributed by atoms with Crippen LogP contribution in [0, 0.1) is 6.92 Å². The predicted octanol–water partition coefficient (Wildman–Crippen LogP) is 2.54. The van der Waals surface area contributed by atoms with Crippen LogP contribution < -0.4 is 15.8 Å². The summed E-state index contributed by atoms with van der Waals surface area (Å²) in [5.41, 5.74) is 7.77. The van der Waals surface area contributed by atoms with Gasteiger partial charge in [-0.2, -0.15) is 0 Å². The summed E-state index contributed by atoms with van der Waals surface area (Å²) in [6.07, 6.45) is 0. The van der Waals surface area contributed by atoms with E-state index in [2.05, 4.69) is 5.32 Å². The second kappa shape index (κ2) is 5.52. The summed E-state index contributed by atoms with van der Waals surface area (Å²) in [5.74, 6) is 0.255. The topological polar surface area (TPSA) is 84.6 Å². The number of nitrogens with one attached hydrogen (secondary N) is 1. The van der Waals surface area contributed by atoms with Crippen LogP contribution >= 0.6 is 0 Å². The zero-order chi connectivity index (χ0) is 14.7. The molecule has 5 nitrogen and oxygen atoms in total. The zero-order valence-corrected chi connectivity index (χ0v) is 11.3. The molecule has 0 bridgehead atoms. The quantitative estimate of drug-likeness (QED) is 0.750. The van der Waals surface area contributed by atoms with Crippen LogP contribution in [0.3, 0.4) is 0 Å². The Bertz CT molecular complexity index is 654. The fraction of sp³-hybridized carbons (Fsp3) is 0.133. The van der Waals surface area contributed by atoms with Crippen molar-refractivity contribution in [3.05, 3.63) is 47.5 Å². The molecule has 0 atom stereocenters. The number of phenols is 1. The summed E-state index contributed by atoms with van der Waals surface area (Å²) < 4.78 is 5.16. The van der Waals surface area contributed by atoms with Gasteiger partial charge in [-0.15, -0.1) is 0 Å². The normalized spacial score (nSPS) is 10.1. The Morgan fingerprint density at radius 3 is 2.65 bits per heavy atom. The van der Waals surface area contributed by atoms with Gasteiger partial charge >= 0.3 is 0 Å². The van der Waals surface area contributed by atoms with Gasteiger partial charge in [0.15, 0.2) is 0 Å². The first kappa shape index (κ1) is 13.7. The van der Waals surface area contributed by atoms with Crippen LogP contribution in [0.15, 0.2) is 36.4 Å². The van der Waals surface area contributed by atoms with Gasteiger partial charge in [-0.05, 0) is 42.8 Å². The number of hydrogen-bond acceptors (Lipinski definition) is 4. The van der Waals surface area contributed by atoms with Crippen LogP contribution in [0.2, 0.25) is 0 Å². The highest BCUT2D eigenvalue weighted by Gasteiger charge is 2.11. The number of ether oxygens (including phenoxy) is 1. The molecule has 0 aromatic heterocycles. The second-order valence-electron chi connectivity index (χ2n) is 4.42. The number of hydrogen-bond donors (Lipinski definition) is 3. The summed E-state index contributed by atoms with van der Waals surface area (Å²) in [6.45, 7) is 1.76. The number of carbonyl (C=O) groups is 1. The standard InChI is InChI=1S/C15H16N2O3/c1-9-3-4-10(7-13(9)18)15(19)17-12-8-11(16)5-6-14(12)20-2/h3-8,18H,16H2,1-2H3,(H,17,19). The molecule has 1 amide bonds. The van der Waals surface area contributed by atoms with Gasteiger partial charge in [0.2, 0.25) is 0 Å². The molecule has 0 heterocycles. The number of phenolic OH excluding ortho intramolecular Hbond substituents is 1. The van der Waals surface area contributed by atoms with Crippen LogP contribution in [0.4, 0.5) is 11.4 Å². The Hall–Kier alpha value is -2.69. The van der Waals surface area contributed by atoms with Crippen LogP contribution in [0.1, 0.15) is 15.9 Å². The number of carbonyl (C=O) groups excluding carboxylic acids is 1. The number of nitrogen functional groups attached to an aromatic ring is 1. The van der Waals surface area contributed by atoms with Gasteiger partial charge in [0, 0.05) is 11.3 Å². The molecule has 0 saturated heterocycles. The SMILES string of the molecule is COc1ccc(N)cc1NC(=O)c1ccc(C)c(O)c1. The first-order valence-corrected chi connectivity index (χ1v) is 6.05. The van der Waals surface area contributed by atoms with Gasteiger partial charge in [0.1, 0.15) is 11.5 Å². The Labute approximate surface area is 117 Å². The lowest BCUT2D eigenvalue weighted by Crippen LogP contribution is -2.13. The largest absolute Gasteiger partial charge is 0.508 e. The highest BCUT2D eigenvalue weighted by molar-refractivity contribution is 6.05. The molecule has 2 rings (SSSR count). The summed E-state index contributed by atoms with van der Waals surface area (Å²) in [7, 11) is 1.51. The maximum atomic E-state index is 12.1. The fourth-order valence-corrected chi connectivity index (χ4v) is 1.77. The molecule has 0 aliphatic rings. The lowest BCUT2D eigenvalue weighted by atomic mass is 10.1. The van der Waals surface area contributed by atoms with Crippen molar-refractivity contribution in [2.75, 3.05) is 18.2 Å². The number of benzene rings is 2. The summed E-state index contributed by atoms with van der Waals surface area (Å²) in [4.78, 5) is 12.1. The first-order chi connectivity index (χ1) is 9.51. The molecule has 5 heteroatoms. The lowest BCUT2D eigenvalue weighted by molar-refractivity contribution is 0.102. The third-order valence-electron chi connectivity index (χ3n) is 2.94. The van der Waals surface area contributed by atoms with Gasteiger partial charge in [-0.25, -0.2) is 0 Å². The average molecular weight is 272 g/mol. The van der Waals surface area contributed by atoms with Gasteiger partial charge < -0.3 is 20.9 Å². The monoisotopic (exact) mass is 272 g/mol. The van der Waals surface area contributed by atoms with Crippen LogP contribution in [-0.4, -0.2) is 18.1 Å². The van der Waals surface area contributed by atoms with Crippen molar-refractivity contribution in [1.82, 2.24) is 0 Å². The van der Waals surface area contributed by atoms with Gasteiger partial charge in [0.25, 0.3) is 5.91 Å². The van der Waals surface area contributed by atoms with Crippen molar-refractivity contribution in [2.45, 2.75) is 6.92 Å². The molecule has 20 heavy (non-hydrogen) atoms. The van der Waals surface area contributed by atoms with E-state index in [4.69, 9.17) is 10.5 Å². The predicted molar refractivity (Wildman–Crippen MR) is 78.2 cm³/mol. The molecule has 2 aromatic carbocycles. The molecular formula is C15H16N2O3. The Morgan fingerprint density at radius 2 is 2.00 bits per heavy atom. The smallest absolute Gasteiger partial charge is 0.255 e. The van der Waals surface area contributed by atoms with E-state index in [-0.39, 0.29) is 11.7 Å².